The van der Waals surface area contributed by atoms with Crippen LogP contribution in [0.1, 0.15) is 5.56 Å². The summed E-state index contributed by atoms with van der Waals surface area (Å²) >= 11 is 0. The van der Waals surface area contributed by atoms with Gasteiger partial charge in [0, 0.05) is 12.1 Å². The Morgan fingerprint density at radius 3 is 2.15 bits per heavy atom. The number of methoxy groups -OCH3 is 2. The molecule has 2 amide bonds. The molecule has 1 aliphatic rings. The topological polar surface area (TPSA) is 67.9 Å². The van der Waals surface area contributed by atoms with Gasteiger partial charge in [0.05, 0.1) is 31.2 Å². The van der Waals surface area contributed by atoms with E-state index in [1.807, 2.05) is 0 Å². The van der Waals surface area contributed by atoms with Crippen LogP contribution >= 0.6 is 0 Å². The van der Waals surface area contributed by atoms with Crippen molar-refractivity contribution < 1.29 is 32.2 Å². The van der Waals surface area contributed by atoms with Crippen LogP contribution in [0.3, 0.4) is 0 Å². The summed E-state index contributed by atoms with van der Waals surface area (Å²) in [4.78, 5) is 27.2. The van der Waals surface area contributed by atoms with Crippen molar-refractivity contribution in [1.29, 1.82) is 0 Å². The normalized spacial score (nSPS) is 13.5. The Kier molecular flexibility index (Phi) is 5.78. The molecule has 9 heteroatoms. The number of rotatable bonds is 6. The van der Waals surface area contributed by atoms with Gasteiger partial charge < -0.3 is 14.8 Å². The molecule has 0 saturated heterocycles. The molecule has 3 aromatic carbocycles. The molecule has 33 heavy (non-hydrogen) atoms. The van der Waals surface area contributed by atoms with Crippen molar-refractivity contribution in [1.82, 2.24) is 0 Å². The summed E-state index contributed by atoms with van der Waals surface area (Å²) in [6.07, 6.45) is 0. The molecule has 3 aromatic rings. The van der Waals surface area contributed by atoms with Crippen LogP contribution in [0.4, 0.5) is 24.5 Å². The number of nitrogens with one attached hydrogen (secondary N) is 1. The number of amides is 2. The van der Waals surface area contributed by atoms with Gasteiger partial charge in [-0.15, -0.1) is 0 Å². The number of ether oxygens (including phenoxy) is 2. The van der Waals surface area contributed by atoms with Gasteiger partial charge in [-0.3, -0.25) is 9.59 Å². The molecule has 0 unspecified atom stereocenters. The molecule has 0 saturated carbocycles. The lowest BCUT2D eigenvalue weighted by Gasteiger charge is -2.17. The summed E-state index contributed by atoms with van der Waals surface area (Å²) < 4.78 is 52.3. The highest BCUT2D eigenvalue weighted by atomic mass is 19.1. The third kappa shape index (κ3) is 4.00. The summed E-state index contributed by atoms with van der Waals surface area (Å²) in [5.41, 5.74) is -0.415. The number of hydrogen-bond acceptors (Lipinski definition) is 5. The van der Waals surface area contributed by atoms with E-state index in [0.29, 0.717) is 16.4 Å². The summed E-state index contributed by atoms with van der Waals surface area (Å²) in [6, 6.07) is 12.1. The fourth-order valence-electron chi connectivity index (χ4n) is 3.45. The van der Waals surface area contributed by atoms with Gasteiger partial charge in [-0.25, -0.2) is 18.1 Å². The van der Waals surface area contributed by atoms with E-state index in [2.05, 4.69) is 5.32 Å². The Labute approximate surface area is 186 Å². The van der Waals surface area contributed by atoms with Crippen LogP contribution in [0.15, 0.2) is 66.4 Å². The maximum Gasteiger partial charge on any atom is 0.282 e. The van der Waals surface area contributed by atoms with E-state index in [1.54, 1.807) is 12.1 Å². The van der Waals surface area contributed by atoms with Gasteiger partial charge in [-0.1, -0.05) is 12.1 Å². The molecular weight excluding hydrogens is 437 g/mol. The van der Waals surface area contributed by atoms with Crippen LogP contribution in [0.5, 0.6) is 11.5 Å². The third-order valence-corrected chi connectivity index (χ3v) is 5.03. The summed E-state index contributed by atoms with van der Waals surface area (Å²) in [5.74, 6) is -3.39. The Morgan fingerprint density at radius 1 is 0.788 bits per heavy atom. The van der Waals surface area contributed by atoms with Gasteiger partial charge in [0.25, 0.3) is 11.8 Å². The number of benzene rings is 3. The quantitative estimate of drug-likeness (QED) is 0.555. The minimum atomic E-state index is -0.961. The monoisotopic (exact) mass is 454 g/mol. The standard InChI is InChI=1S/C24H17F3N2O4/c1-32-16-8-10-20(33-2)18(12-16)28-22-21(13-3-5-14(25)6-4-13)23(30)29(24(22)31)19-11-15(26)7-9-17(19)27/h3-12,28H,1-2H3. The smallest absolute Gasteiger partial charge is 0.282 e. The van der Waals surface area contributed by atoms with Crippen LogP contribution < -0.4 is 19.7 Å². The molecule has 1 N–H and O–H groups in total. The predicted molar refractivity (Wildman–Crippen MR) is 115 cm³/mol. The summed E-state index contributed by atoms with van der Waals surface area (Å²) in [7, 11) is 2.87. The largest absolute Gasteiger partial charge is 0.497 e. The maximum absolute atomic E-state index is 14.5. The first-order chi connectivity index (χ1) is 15.8. The number of hydrogen-bond donors (Lipinski definition) is 1. The van der Waals surface area contributed by atoms with Gasteiger partial charge in [-0.2, -0.15) is 0 Å². The minimum absolute atomic E-state index is 0.145. The zero-order valence-corrected chi connectivity index (χ0v) is 17.5. The number of nitrogens with zero attached hydrogens (tertiary/aromatic N) is 1. The van der Waals surface area contributed by atoms with E-state index in [4.69, 9.17) is 9.47 Å². The van der Waals surface area contributed by atoms with Crippen molar-refractivity contribution in [2.75, 3.05) is 24.4 Å². The summed E-state index contributed by atoms with van der Waals surface area (Å²) in [6.45, 7) is 0. The molecule has 1 heterocycles. The molecule has 168 valence electrons. The first kappa shape index (κ1) is 21.9. The minimum Gasteiger partial charge on any atom is -0.497 e. The maximum atomic E-state index is 14.5. The average molecular weight is 454 g/mol. The molecule has 0 aromatic heterocycles. The molecule has 1 aliphatic heterocycles. The fraction of sp³-hybridized carbons (Fsp3) is 0.0833. The molecule has 0 radical (unpaired) electrons. The Hall–Kier alpha value is -4.27. The van der Waals surface area contributed by atoms with Gasteiger partial charge in [-0.05, 0) is 42.0 Å². The Morgan fingerprint density at radius 2 is 1.48 bits per heavy atom. The van der Waals surface area contributed by atoms with Crippen LogP contribution in [-0.4, -0.2) is 26.0 Å². The first-order valence-corrected chi connectivity index (χ1v) is 9.67. The number of halogens is 3. The van der Waals surface area contributed by atoms with Crippen LogP contribution in [0, 0.1) is 17.5 Å². The number of carbonyl (C=O) groups excluding carboxylic acids is 2. The number of imide groups is 1. The van der Waals surface area contributed by atoms with Crippen molar-refractivity contribution in [2.24, 2.45) is 0 Å². The van der Waals surface area contributed by atoms with E-state index in [0.717, 1.165) is 30.3 Å². The SMILES string of the molecule is COc1ccc(OC)c(NC2=C(c3ccc(F)cc3)C(=O)N(c3cc(F)ccc3F)C2=O)c1. The van der Waals surface area contributed by atoms with Crippen LogP contribution in [-0.2, 0) is 9.59 Å². The molecule has 4 rings (SSSR count). The zero-order chi connectivity index (χ0) is 23.7. The third-order valence-electron chi connectivity index (χ3n) is 5.03. The molecule has 0 spiro atoms. The van der Waals surface area contributed by atoms with Crippen molar-refractivity contribution in [3.8, 4) is 11.5 Å². The lowest BCUT2D eigenvalue weighted by atomic mass is 10.0. The highest BCUT2D eigenvalue weighted by molar-refractivity contribution is 6.46. The van der Waals surface area contributed by atoms with Gasteiger partial charge in [0.15, 0.2) is 0 Å². The molecule has 6 nitrogen and oxygen atoms in total. The molecule has 0 atom stereocenters. The molecular formula is C24H17F3N2O4. The zero-order valence-electron chi connectivity index (χ0n) is 17.5. The number of anilines is 2. The second-order valence-electron chi connectivity index (χ2n) is 6.99. The fourth-order valence-corrected chi connectivity index (χ4v) is 3.45. The Balaban J connectivity index is 1.88. The van der Waals surface area contributed by atoms with Crippen LogP contribution in [0.2, 0.25) is 0 Å². The van der Waals surface area contributed by atoms with E-state index in [1.165, 1.54) is 32.4 Å². The number of carbonyl (C=O) groups is 2. The van der Waals surface area contributed by atoms with Crippen molar-refractivity contribution in [3.05, 3.63) is 89.4 Å². The van der Waals surface area contributed by atoms with E-state index < -0.39 is 35.0 Å². The average Bonchev–Trinajstić information content (AvgIpc) is 3.05. The van der Waals surface area contributed by atoms with Crippen molar-refractivity contribution in [2.45, 2.75) is 0 Å². The van der Waals surface area contributed by atoms with Gasteiger partial charge >= 0.3 is 0 Å². The summed E-state index contributed by atoms with van der Waals surface area (Å²) in [5, 5.41) is 2.86. The van der Waals surface area contributed by atoms with Crippen molar-refractivity contribution >= 4 is 28.8 Å². The van der Waals surface area contributed by atoms with E-state index in [9.17, 15) is 22.8 Å². The first-order valence-electron chi connectivity index (χ1n) is 9.67. The molecule has 0 aliphatic carbocycles. The van der Waals surface area contributed by atoms with Crippen molar-refractivity contribution in [3.63, 3.8) is 0 Å². The Bertz CT molecular complexity index is 1290. The van der Waals surface area contributed by atoms with E-state index >= 15 is 0 Å². The van der Waals surface area contributed by atoms with Crippen LogP contribution in [0.25, 0.3) is 5.57 Å². The lowest BCUT2D eigenvalue weighted by Crippen LogP contribution is -2.33. The lowest BCUT2D eigenvalue weighted by molar-refractivity contribution is -0.120. The highest BCUT2D eigenvalue weighted by Gasteiger charge is 2.41. The second-order valence-corrected chi connectivity index (χ2v) is 6.99. The molecule has 0 bridgehead atoms. The molecule has 0 fully saturated rings. The van der Waals surface area contributed by atoms with Gasteiger partial charge in [0.1, 0.15) is 34.6 Å². The highest BCUT2D eigenvalue weighted by Crippen LogP contribution is 2.37. The predicted octanol–water partition coefficient (Wildman–Crippen LogP) is 4.52. The van der Waals surface area contributed by atoms with E-state index in [-0.39, 0.29) is 22.5 Å². The second kappa shape index (κ2) is 8.70. The van der Waals surface area contributed by atoms with Gasteiger partial charge in [0.2, 0.25) is 0 Å².